The van der Waals surface area contributed by atoms with Crippen LogP contribution in [0.2, 0.25) is 0 Å². The molecular formula is C15H18N2OS. The standard InChI is InChI=1S/C15H18N2OS/c1-3-13(15-16-9-10-19-15)17-12-7-5-11(6-8-12)14(18)4-2/h5-10,13,17H,3-4H2,1-2H3. The number of nitrogens with one attached hydrogen (secondary N) is 1. The van der Waals surface area contributed by atoms with Crippen molar-refractivity contribution < 1.29 is 4.79 Å². The molecular weight excluding hydrogens is 256 g/mol. The quantitative estimate of drug-likeness (QED) is 0.799. The monoisotopic (exact) mass is 274 g/mol. The average Bonchev–Trinajstić information content (AvgIpc) is 2.98. The van der Waals surface area contributed by atoms with E-state index >= 15 is 0 Å². The molecule has 2 rings (SSSR count). The largest absolute Gasteiger partial charge is 0.376 e. The molecule has 4 heteroatoms. The highest BCUT2D eigenvalue weighted by molar-refractivity contribution is 7.09. The number of anilines is 1. The molecule has 0 fully saturated rings. The summed E-state index contributed by atoms with van der Waals surface area (Å²) < 4.78 is 0. The summed E-state index contributed by atoms with van der Waals surface area (Å²) in [4.78, 5) is 15.9. The van der Waals surface area contributed by atoms with Crippen LogP contribution in [0.5, 0.6) is 0 Å². The zero-order chi connectivity index (χ0) is 13.7. The number of carbonyl (C=O) groups excluding carboxylic acids is 1. The molecule has 19 heavy (non-hydrogen) atoms. The van der Waals surface area contributed by atoms with Crippen molar-refractivity contribution in [1.82, 2.24) is 4.98 Å². The van der Waals surface area contributed by atoms with Gasteiger partial charge in [0.25, 0.3) is 0 Å². The van der Waals surface area contributed by atoms with E-state index in [9.17, 15) is 4.79 Å². The summed E-state index contributed by atoms with van der Waals surface area (Å²) >= 11 is 1.66. The van der Waals surface area contributed by atoms with Gasteiger partial charge in [-0.25, -0.2) is 4.98 Å². The van der Waals surface area contributed by atoms with Crippen LogP contribution in [-0.2, 0) is 0 Å². The van der Waals surface area contributed by atoms with Crippen LogP contribution in [-0.4, -0.2) is 10.8 Å². The summed E-state index contributed by atoms with van der Waals surface area (Å²) in [7, 11) is 0. The first-order chi connectivity index (χ1) is 9.24. The van der Waals surface area contributed by atoms with Crippen molar-refractivity contribution in [3.05, 3.63) is 46.4 Å². The number of carbonyl (C=O) groups is 1. The molecule has 1 heterocycles. The van der Waals surface area contributed by atoms with Crippen molar-refractivity contribution >= 4 is 22.8 Å². The van der Waals surface area contributed by atoms with Gasteiger partial charge in [-0.05, 0) is 30.7 Å². The first-order valence-corrected chi connectivity index (χ1v) is 7.41. The van der Waals surface area contributed by atoms with Gasteiger partial charge in [0.15, 0.2) is 5.78 Å². The minimum absolute atomic E-state index is 0.179. The fourth-order valence-electron chi connectivity index (χ4n) is 1.90. The van der Waals surface area contributed by atoms with Crippen LogP contribution < -0.4 is 5.32 Å². The zero-order valence-corrected chi connectivity index (χ0v) is 12.0. The maximum Gasteiger partial charge on any atom is 0.162 e. The molecule has 0 bridgehead atoms. The Balaban J connectivity index is 2.08. The zero-order valence-electron chi connectivity index (χ0n) is 11.2. The van der Waals surface area contributed by atoms with Crippen LogP contribution in [0.1, 0.15) is 48.1 Å². The molecule has 0 saturated carbocycles. The third-order valence-electron chi connectivity index (χ3n) is 3.03. The first-order valence-electron chi connectivity index (χ1n) is 6.53. The number of Topliss-reactive ketones (excluding diaryl/α,β-unsaturated/α-hetero) is 1. The molecule has 1 atom stereocenters. The Kier molecular flexibility index (Phi) is 4.68. The van der Waals surface area contributed by atoms with E-state index in [0.29, 0.717) is 6.42 Å². The molecule has 0 aliphatic heterocycles. The van der Waals surface area contributed by atoms with E-state index in [0.717, 1.165) is 22.7 Å². The Morgan fingerprint density at radius 2 is 2.05 bits per heavy atom. The van der Waals surface area contributed by atoms with Crippen LogP contribution in [0.15, 0.2) is 35.8 Å². The normalized spacial score (nSPS) is 12.1. The van der Waals surface area contributed by atoms with Crippen molar-refractivity contribution in [3.8, 4) is 0 Å². The molecule has 3 nitrogen and oxygen atoms in total. The van der Waals surface area contributed by atoms with Gasteiger partial charge in [-0.15, -0.1) is 11.3 Å². The van der Waals surface area contributed by atoms with Gasteiger partial charge in [-0.3, -0.25) is 4.79 Å². The van der Waals surface area contributed by atoms with E-state index in [1.807, 2.05) is 42.8 Å². The number of hydrogen-bond donors (Lipinski definition) is 1. The van der Waals surface area contributed by atoms with Crippen LogP contribution in [0.4, 0.5) is 5.69 Å². The van der Waals surface area contributed by atoms with E-state index in [-0.39, 0.29) is 11.8 Å². The number of benzene rings is 1. The molecule has 100 valence electrons. The Hall–Kier alpha value is -1.68. The van der Waals surface area contributed by atoms with Crippen LogP contribution in [0.3, 0.4) is 0 Å². The van der Waals surface area contributed by atoms with Crippen LogP contribution in [0.25, 0.3) is 0 Å². The SMILES string of the molecule is CCC(=O)c1ccc(NC(CC)c2nccs2)cc1. The minimum Gasteiger partial charge on any atom is -0.376 e. The smallest absolute Gasteiger partial charge is 0.162 e. The lowest BCUT2D eigenvalue weighted by Gasteiger charge is -2.16. The first kappa shape index (κ1) is 13.7. The van der Waals surface area contributed by atoms with Gasteiger partial charge in [0, 0.05) is 29.2 Å². The van der Waals surface area contributed by atoms with E-state index in [2.05, 4.69) is 17.2 Å². The lowest BCUT2D eigenvalue weighted by atomic mass is 10.1. The number of aromatic nitrogens is 1. The van der Waals surface area contributed by atoms with Crippen molar-refractivity contribution in [1.29, 1.82) is 0 Å². The molecule has 0 radical (unpaired) electrons. The summed E-state index contributed by atoms with van der Waals surface area (Å²) in [5.41, 5.74) is 1.80. The van der Waals surface area contributed by atoms with Gasteiger partial charge in [0.2, 0.25) is 0 Å². The van der Waals surface area contributed by atoms with Crippen molar-refractivity contribution in [2.45, 2.75) is 32.7 Å². The summed E-state index contributed by atoms with van der Waals surface area (Å²) in [6, 6.07) is 7.90. The number of nitrogens with zero attached hydrogens (tertiary/aromatic N) is 1. The maximum atomic E-state index is 11.6. The number of rotatable bonds is 6. The highest BCUT2D eigenvalue weighted by Crippen LogP contribution is 2.24. The van der Waals surface area contributed by atoms with Crippen LogP contribution in [0, 0.1) is 0 Å². The maximum absolute atomic E-state index is 11.6. The van der Waals surface area contributed by atoms with Gasteiger partial charge >= 0.3 is 0 Å². The second-order valence-corrected chi connectivity index (χ2v) is 5.26. The van der Waals surface area contributed by atoms with Gasteiger partial charge in [0.05, 0.1) is 6.04 Å². The summed E-state index contributed by atoms with van der Waals surface area (Å²) in [6.45, 7) is 4.01. The lowest BCUT2D eigenvalue weighted by Crippen LogP contribution is -2.09. The molecule has 1 N–H and O–H groups in total. The molecule has 0 aliphatic carbocycles. The highest BCUT2D eigenvalue weighted by Gasteiger charge is 2.11. The van der Waals surface area contributed by atoms with Gasteiger partial charge in [0.1, 0.15) is 5.01 Å². The predicted octanol–water partition coefficient (Wildman–Crippen LogP) is 4.30. The Bertz CT molecular complexity index is 520. The van der Waals surface area contributed by atoms with Crippen molar-refractivity contribution in [2.24, 2.45) is 0 Å². The number of thiazole rings is 1. The molecule has 0 saturated heterocycles. The third kappa shape index (κ3) is 3.41. The van der Waals surface area contributed by atoms with Crippen LogP contribution >= 0.6 is 11.3 Å². The van der Waals surface area contributed by atoms with E-state index in [1.165, 1.54) is 0 Å². The molecule has 0 amide bonds. The van der Waals surface area contributed by atoms with Gasteiger partial charge in [-0.2, -0.15) is 0 Å². The van der Waals surface area contributed by atoms with Crippen molar-refractivity contribution in [2.75, 3.05) is 5.32 Å². The highest BCUT2D eigenvalue weighted by atomic mass is 32.1. The molecule has 1 aromatic heterocycles. The fraction of sp³-hybridized carbons (Fsp3) is 0.333. The number of ketones is 1. The second kappa shape index (κ2) is 6.48. The van der Waals surface area contributed by atoms with E-state index in [4.69, 9.17) is 0 Å². The van der Waals surface area contributed by atoms with E-state index < -0.39 is 0 Å². The Morgan fingerprint density at radius 3 is 2.58 bits per heavy atom. The Morgan fingerprint density at radius 1 is 1.32 bits per heavy atom. The van der Waals surface area contributed by atoms with E-state index in [1.54, 1.807) is 11.3 Å². The topological polar surface area (TPSA) is 42.0 Å². The number of hydrogen-bond acceptors (Lipinski definition) is 4. The fourth-order valence-corrected chi connectivity index (χ4v) is 2.68. The molecule has 0 spiro atoms. The predicted molar refractivity (Wildman–Crippen MR) is 79.8 cm³/mol. The average molecular weight is 274 g/mol. The summed E-state index contributed by atoms with van der Waals surface area (Å²) in [5, 5.41) is 6.53. The minimum atomic E-state index is 0.179. The second-order valence-electron chi connectivity index (χ2n) is 4.33. The van der Waals surface area contributed by atoms with Gasteiger partial charge < -0.3 is 5.32 Å². The van der Waals surface area contributed by atoms with Crippen molar-refractivity contribution in [3.63, 3.8) is 0 Å². The molecule has 0 aliphatic rings. The summed E-state index contributed by atoms with van der Waals surface area (Å²) in [6.07, 6.45) is 3.35. The third-order valence-corrected chi connectivity index (χ3v) is 3.92. The lowest BCUT2D eigenvalue weighted by molar-refractivity contribution is 0.0988. The molecule has 2 aromatic rings. The Labute approximate surface area is 117 Å². The summed E-state index contributed by atoms with van der Waals surface area (Å²) in [5.74, 6) is 0.179. The van der Waals surface area contributed by atoms with Gasteiger partial charge in [-0.1, -0.05) is 13.8 Å². The molecule has 1 unspecified atom stereocenters. The molecule has 1 aromatic carbocycles.